The number of piperidine rings is 1. The summed E-state index contributed by atoms with van der Waals surface area (Å²) in [5, 5.41) is 8.24. The number of ether oxygens (including phenoxy) is 1. The number of alkyl halides is 2. The topological polar surface area (TPSA) is 52.0 Å². The summed E-state index contributed by atoms with van der Waals surface area (Å²) in [6, 6.07) is 11.5. The normalized spacial score (nSPS) is 15.5. The van der Waals surface area contributed by atoms with Crippen LogP contribution in [0.5, 0.6) is 5.88 Å². The Labute approximate surface area is 156 Å². The molecule has 142 valence electrons. The highest BCUT2D eigenvalue weighted by Crippen LogP contribution is 2.25. The van der Waals surface area contributed by atoms with E-state index in [2.05, 4.69) is 21.5 Å². The molecule has 0 spiro atoms. The van der Waals surface area contributed by atoms with Gasteiger partial charge in [0.15, 0.2) is 0 Å². The molecule has 0 aliphatic carbocycles. The van der Waals surface area contributed by atoms with Gasteiger partial charge in [-0.05, 0) is 43.6 Å². The third kappa shape index (κ3) is 4.24. The SMILES string of the molecule is FC(F)Cn1ncc2ccc(COc3cccc(C4CCNCC4)n3)cc21. The van der Waals surface area contributed by atoms with E-state index in [9.17, 15) is 8.78 Å². The smallest absolute Gasteiger partial charge is 0.257 e. The molecule has 2 aromatic heterocycles. The Bertz CT molecular complexity index is 906. The molecule has 3 heterocycles. The van der Waals surface area contributed by atoms with Crippen LogP contribution >= 0.6 is 0 Å². The van der Waals surface area contributed by atoms with Crippen molar-refractivity contribution in [2.24, 2.45) is 0 Å². The number of nitrogens with one attached hydrogen (secondary N) is 1. The third-order valence-electron chi connectivity index (χ3n) is 4.91. The first-order valence-electron chi connectivity index (χ1n) is 9.22. The van der Waals surface area contributed by atoms with E-state index in [0.29, 0.717) is 23.9 Å². The van der Waals surface area contributed by atoms with E-state index < -0.39 is 13.0 Å². The molecule has 0 radical (unpaired) electrons. The zero-order valence-corrected chi connectivity index (χ0v) is 14.9. The zero-order chi connectivity index (χ0) is 18.6. The maximum Gasteiger partial charge on any atom is 0.257 e. The summed E-state index contributed by atoms with van der Waals surface area (Å²) in [7, 11) is 0. The largest absolute Gasteiger partial charge is 0.473 e. The van der Waals surface area contributed by atoms with Gasteiger partial charge in [0.1, 0.15) is 13.2 Å². The average Bonchev–Trinajstić information content (AvgIpc) is 3.09. The molecule has 7 heteroatoms. The van der Waals surface area contributed by atoms with Gasteiger partial charge < -0.3 is 10.1 Å². The summed E-state index contributed by atoms with van der Waals surface area (Å²) in [5.74, 6) is 1.06. The lowest BCUT2D eigenvalue weighted by molar-refractivity contribution is 0.123. The second-order valence-corrected chi connectivity index (χ2v) is 6.82. The fourth-order valence-corrected chi connectivity index (χ4v) is 3.50. The number of benzene rings is 1. The lowest BCUT2D eigenvalue weighted by Crippen LogP contribution is -2.27. The van der Waals surface area contributed by atoms with Crippen molar-refractivity contribution < 1.29 is 13.5 Å². The van der Waals surface area contributed by atoms with Crippen LogP contribution in [0.2, 0.25) is 0 Å². The predicted molar refractivity (Wildman–Crippen MR) is 99.2 cm³/mol. The maximum atomic E-state index is 12.7. The summed E-state index contributed by atoms with van der Waals surface area (Å²) in [6.45, 7) is 1.96. The van der Waals surface area contributed by atoms with Crippen molar-refractivity contribution in [1.29, 1.82) is 0 Å². The lowest BCUT2D eigenvalue weighted by atomic mass is 9.94. The molecule has 1 fully saturated rings. The molecule has 1 aromatic carbocycles. The number of halogens is 2. The van der Waals surface area contributed by atoms with Crippen molar-refractivity contribution in [3.63, 3.8) is 0 Å². The lowest BCUT2D eigenvalue weighted by Gasteiger charge is -2.22. The van der Waals surface area contributed by atoms with E-state index in [-0.39, 0.29) is 0 Å². The van der Waals surface area contributed by atoms with E-state index in [1.54, 1.807) is 6.20 Å². The molecular weight excluding hydrogens is 350 g/mol. The molecule has 0 atom stereocenters. The van der Waals surface area contributed by atoms with E-state index in [1.807, 2.05) is 30.3 Å². The predicted octanol–water partition coefficient (Wildman–Crippen LogP) is 3.74. The first-order chi connectivity index (χ1) is 13.2. The molecule has 0 unspecified atom stereocenters. The highest BCUT2D eigenvalue weighted by molar-refractivity contribution is 5.79. The second kappa shape index (κ2) is 8.00. The van der Waals surface area contributed by atoms with Crippen molar-refractivity contribution in [2.45, 2.75) is 38.3 Å². The number of hydrogen-bond donors (Lipinski definition) is 1. The molecule has 27 heavy (non-hydrogen) atoms. The molecule has 1 aliphatic heterocycles. The van der Waals surface area contributed by atoms with Crippen LogP contribution in [0, 0.1) is 0 Å². The molecule has 1 saturated heterocycles. The standard InChI is InChI=1S/C20H22F2N4O/c21-19(22)12-26-18-10-14(4-5-16(18)11-24-26)13-27-20-3-1-2-17(25-20)15-6-8-23-9-7-15/h1-5,10-11,15,19,23H,6-9,12-13H2. The van der Waals surface area contributed by atoms with E-state index >= 15 is 0 Å². The van der Waals surface area contributed by atoms with Gasteiger partial charge in [-0.3, -0.25) is 4.68 Å². The molecule has 0 amide bonds. The monoisotopic (exact) mass is 372 g/mol. The summed E-state index contributed by atoms with van der Waals surface area (Å²) in [4.78, 5) is 4.65. The molecule has 1 aliphatic rings. The van der Waals surface area contributed by atoms with Crippen LogP contribution in [0.25, 0.3) is 10.9 Å². The Kier molecular flexibility index (Phi) is 5.29. The molecule has 5 nitrogen and oxygen atoms in total. The summed E-state index contributed by atoms with van der Waals surface area (Å²) in [6.07, 6.45) is 1.34. The van der Waals surface area contributed by atoms with Gasteiger partial charge in [-0.15, -0.1) is 0 Å². The zero-order valence-electron chi connectivity index (χ0n) is 14.9. The Balaban J connectivity index is 1.46. The van der Waals surface area contributed by atoms with Gasteiger partial charge in [0.05, 0.1) is 11.7 Å². The van der Waals surface area contributed by atoms with Crippen LogP contribution in [0.1, 0.15) is 30.0 Å². The van der Waals surface area contributed by atoms with E-state index in [1.165, 1.54) is 4.68 Å². The maximum absolute atomic E-state index is 12.7. The molecular formula is C20H22F2N4O. The summed E-state index contributed by atoms with van der Waals surface area (Å²) >= 11 is 0. The van der Waals surface area contributed by atoms with Crippen LogP contribution in [-0.4, -0.2) is 34.3 Å². The van der Waals surface area contributed by atoms with Crippen molar-refractivity contribution in [3.05, 3.63) is 53.9 Å². The molecule has 4 rings (SSSR count). The van der Waals surface area contributed by atoms with Crippen LogP contribution in [-0.2, 0) is 13.2 Å². The van der Waals surface area contributed by atoms with Gasteiger partial charge in [-0.2, -0.15) is 5.10 Å². The number of hydrogen-bond acceptors (Lipinski definition) is 4. The number of fused-ring (bicyclic) bond motifs is 1. The van der Waals surface area contributed by atoms with Gasteiger partial charge in [-0.1, -0.05) is 18.2 Å². The Hall–Kier alpha value is -2.54. The first-order valence-corrected chi connectivity index (χ1v) is 9.22. The van der Waals surface area contributed by atoms with E-state index in [0.717, 1.165) is 42.6 Å². The quantitative estimate of drug-likeness (QED) is 0.716. The highest BCUT2D eigenvalue weighted by atomic mass is 19.3. The fourth-order valence-electron chi connectivity index (χ4n) is 3.50. The summed E-state index contributed by atoms with van der Waals surface area (Å²) in [5.41, 5.74) is 2.65. The number of aromatic nitrogens is 3. The van der Waals surface area contributed by atoms with Gasteiger partial charge in [0, 0.05) is 23.1 Å². The van der Waals surface area contributed by atoms with Crippen molar-refractivity contribution in [1.82, 2.24) is 20.1 Å². The molecule has 1 N–H and O–H groups in total. The van der Waals surface area contributed by atoms with Crippen molar-refractivity contribution >= 4 is 10.9 Å². The van der Waals surface area contributed by atoms with Crippen molar-refractivity contribution in [3.8, 4) is 5.88 Å². The Morgan fingerprint density at radius 1 is 1.19 bits per heavy atom. The number of rotatable bonds is 6. The minimum atomic E-state index is -2.44. The van der Waals surface area contributed by atoms with Crippen LogP contribution in [0.4, 0.5) is 8.78 Å². The Morgan fingerprint density at radius 2 is 2.04 bits per heavy atom. The molecule has 3 aromatic rings. The number of nitrogens with zero attached hydrogens (tertiary/aromatic N) is 3. The van der Waals surface area contributed by atoms with Gasteiger partial charge in [0.25, 0.3) is 6.43 Å². The van der Waals surface area contributed by atoms with Gasteiger partial charge >= 0.3 is 0 Å². The minimum absolute atomic E-state index is 0.332. The molecule has 0 bridgehead atoms. The summed E-state index contributed by atoms with van der Waals surface area (Å²) < 4.78 is 32.6. The highest BCUT2D eigenvalue weighted by Gasteiger charge is 2.17. The molecule has 0 saturated carbocycles. The van der Waals surface area contributed by atoms with Crippen LogP contribution < -0.4 is 10.1 Å². The van der Waals surface area contributed by atoms with Gasteiger partial charge in [-0.25, -0.2) is 13.8 Å². The van der Waals surface area contributed by atoms with Crippen LogP contribution in [0.3, 0.4) is 0 Å². The Morgan fingerprint density at radius 3 is 2.85 bits per heavy atom. The van der Waals surface area contributed by atoms with Crippen molar-refractivity contribution in [2.75, 3.05) is 13.1 Å². The first kappa shape index (κ1) is 17.9. The third-order valence-corrected chi connectivity index (χ3v) is 4.91. The minimum Gasteiger partial charge on any atom is -0.473 e. The number of pyridine rings is 1. The van der Waals surface area contributed by atoms with Crippen LogP contribution in [0.15, 0.2) is 42.6 Å². The van der Waals surface area contributed by atoms with Gasteiger partial charge in [0.2, 0.25) is 5.88 Å². The average molecular weight is 372 g/mol. The second-order valence-electron chi connectivity index (χ2n) is 6.82. The van der Waals surface area contributed by atoms with E-state index in [4.69, 9.17) is 4.74 Å². The fraction of sp³-hybridized carbons (Fsp3) is 0.400.